The zero-order valence-corrected chi connectivity index (χ0v) is 10.8. The van der Waals surface area contributed by atoms with Crippen molar-refractivity contribution in [1.29, 1.82) is 0 Å². The van der Waals surface area contributed by atoms with Gasteiger partial charge in [0.05, 0.1) is 6.54 Å². The Morgan fingerprint density at radius 1 is 1.33 bits per heavy atom. The first kappa shape index (κ1) is 12.3. The average Bonchev–Trinajstić information content (AvgIpc) is 2.59. The van der Waals surface area contributed by atoms with Crippen molar-refractivity contribution in [2.24, 2.45) is 0 Å². The lowest BCUT2D eigenvalue weighted by Crippen LogP contribution is -2.26. The van der Waals surface area contributed by atoms with E-state index in [1.54, 1.807) is 27.6 Å². The number of nitrogen functional groups attached to an aromatic ring is 1. The molecule has 0 atom stereocenters. The van der Waals surface area contributed by atoms with Crippen molar-refractivity contribution in [2.45, 2.75) is 33.4 Å². The van der Waals surface area contributed by atoms with Crippen LogP contribution < -0.4 is 11.4 Å². The predicted octanol–water partition coefficient (Wildman–Crippen LogP) is 0.960. The minimum absolute atomic E-state index is 0.0614. The molecule has 0 saturated heterocycles. The van der Waals surface area contributed by atoms with Crippen LogP contribution in [0.2, 0.25) is 0 Å². The van der Waals surface area contributed by atoms with E-state index in [-0.39, 0.29) is 11.7 Å². The van der Waals surface area contributed by atoms with Crippen LogP contribution in [0, 0.1) is 6.92 Å². The molecule has 6 nitrogen and oxygen atoms in total. The third kappa shape index (κ3) is 2.42. The maximum atomic E-state index is 12.0. The van der Waals surface area contributed by atoms with Gasteiger partial charge in [-0.25, -0.2) is 14.8 Å². The first-order chi connectivity index (χ1) is 8.47. The largest absolute Gasteiger partial charge is 0.384 e. The summed E-state index contributed by atoms with van der Waals surface area (Å²) in [5.74, 6) is 0.977. The Kier molecular flexibility index (Phi) is 3.18. The fraction of sp³-hybridized carbons (Fsp3) is 0.417. The Bertz CT molecular complexity index is 591. The van der Waals surface area contributed by atoms with Crippen LogP contribution in [0.5, 0.6) is 0 Å². The second-order valence-corrected chi connectivity index (χ2v) is 4.56. The van der Waals surface area contributed by atoms with Crippen molar-refractivity contribution < 1.29 is 0 Å². The molecule has 0 saturated carbocycles. The monoisotopic (exact) mass is 247 g/mol. The Labute approximate surface area is 105 Å². The first-order valence-electron chi connectivity index (χ1n) is 5.84. The second kappa shape index (κ2) is 4.64. The van der Waals surface area contributed by atoms with Crippen molar-refractivity contribution in [2.75, 3.05) is 5.73 Å². The van der Waals surface area contributed by atoms with Gasteiger partial charge in [0.2, 0.25) is 0 Å². The molecule has 0 spiro atoms. The van der Waals surface area contributed by atoms with Gasteiger partial charge < -0.3 is 5.73 Å². The Morgan fingerprint density at radius 3 is 2.61 bits per heavy atom. The van der Waals surface area contributed by atoms with E-state index in [1.807, 2.05) is 20.8 Å². The van der Waals surface area contributed by atoms with Crippen molar-refractivity contribution >= 4 is 5.82 Å². The van der Waals surface area contributed by atoms with Crippen molar-refractivity contribution in [1.82, 2.24) is 19.1 Å². The summed E-state index contributed by atoms with van der Waals surface area (Å²) in [6.45, 7) is 6.12. The number of nitrogens with two attached hydrogens (primary N) is 1. The van der Waals surface area contributed by atoms with Crippen LogP contribution in [-0.2, 0) is 6.54 Å². The highest BCUT2D eigenvalue weighted by Gasteiger charge is 2.08. The van der Waals surface area contributed by atoms with Gasteiger partial charge in [0.15, 0.2) is 5.82 Å². The van der Waals surface area contributed by atoms with Gasteiger partial charge in [-0.1, -0.05) is 0 Å². The quantitative estimate of drug-likeness (QED) is 0.876. The minimum atomic E-state index is -0.0614. The van der Waals surface area contributed by atoms with E-state index in [1.165, 1.54) is 0 Å². The van der Waals surface area contributed by atoms with Gasteiger partial charge in [-0.05, 0) is 20.8 Å². The summed E-state index contributed by atoms with van der Waals surface area (Å²) >= 11 is 0. The molecular formula is C12H17N5O. The fourth-order valence-electron chi connectivity index (χ4n) is 1.82. The molecule has 2 aromatic rings. The van der Waals surface area contributed by atoms with Gasteiger partial charge in [-0.15, -0.1) is 0 Å². The summed E-state index contributed by atoms with van der Waals surface area (Å²) in [6, 6.07) is 1.84. The Hall–Kier alpha value is -2.11. The molecule has 2 heterocycles. The molecule has 96 valence electrons. The summed E-state index contributed by atoms with van der Waals surface area (Å²) in [5.41, 5.74) is 6.40. The van der Waals surface area contributed by atoms with Gasteiger partial charge in [0.25, 0.3) is 0 Å². The van der Waals surface area contributed by atoms with E-state index in [0.717, 1.165) is 5.69 Å². The molecule has 0 amide bonds. The molecular weight excluding hydrogens is 230 g/mol. The number of aryl methyl sites for hydroxylation is 1. The van der Waals surface area contributed by atoms with E-state index < -0.39 is 0 Å². The fourth-order valence-corrected chi connectivity index (χ4v) is 1.82. The molecule has 0 fully saturated rings. The number of hydrogen-bond acceptors (Lipinski definition) is 4. The number of imidazole rings is 1. The van der Waals surface area contributed by atoms with E-state index in [0.29, 0.717) is 18.2 Å². The molecule has 2 aromatic heterocycles. The molecule has 0 aliphatic rings. The van der Waals surface area contributed by atoms with Crippen LogP contribution in [0.4, 0.5) is 5.82 Å². The highest BCUT2D eigenvalue weighted by molar-refractivity contribution is 5.29. The van der Waals surface area contributed by atoms with E-state index in [9.17, 15) is 4.79 Å². The summed E-state index contributed by atoms with van der Waals surface area (Å²) in [7, 11) is 0. The van der Waals surface area contributed by atoms with Crippen LogP contribution in [-0.4, -0.2) is 19.1 Å². The molecule has 0 unspecified atom stereocenters. The minimum Gasteiger partial charge on any atom is -0.384 e. The highest BCUT2D eigenvalue weighted by atomic mass is 16.1. The highest BCUT2D eigenvalue weighted by Crippen LogP contribution is 2.04. The van der Waals surface area contributed by atoms with Gasteiger partial charge in [0.1, 0.15) is 5.82 Å². The molecule has 0 radical (unpaired) electrons. The predicted molar refractivity (Wildman–Crippen MR) is 69.4 cm³/mol. The van der Waals surface area contributed by atoms with E-state index in [4.69, 9.17) is 5.73 Å². The molecule has 2 N–H and O–H groups in total. The maximum absolute atomic E-state index is 12.0. The van der Waals surface area contributed by atoms with Crippen LogP contribution in [0.25, 0.3) is 0 Å². The SMILES string of the molecule is Cc1cc(N)nc(Cn2ccn(C(C)C)c2=O)n1. The average molecular weight is 247 g/mol. The lowest BCUT2D eigenvalue weighted by molar-refractivity contribution is 0.558. The molecule has 0 aromatic carbocycles. The zero-order chi connectivity index (χ0) is 13.3. The number of nitrogens with zero attached hydrogens (tertiary/aromatic N) is 4. The summed E-state index contributed by atoms with van der Waals surface area (Å²) < 4.78 is 3.24. The standard InChI is InChI=1S/C12H17N5O/c1-8(2)17-5-4-16(12(17)18)7-11-14-9(3)6-10(13)15-11/h4-6,8H,7H2,1-3H3,(H2,13,14,15). The summed E-state index contributed by atoms with van der Waals surface area (Å²) in [5, 5.41) is 0. The van der Waals surface area contributed by atoms with Gasteiger partial charge >= 0.3 is 5.69 Å². The third-order valence-electron chi connectivity index (χ3n) is 2.66. The molecule has 6 heteroatoms. The van der Waals surface area contributed by atoms with Gasteiger partial charge in [0, 0.05) is 30.2 Å². The summed E-state index contributed by atoms with van der Waals surface area (Å²) in [4.78, 5) is 20.4. The smallest absolute Gasteiger partial charge is 0.328 e. The molecule has 18 heavy (non-hydrogen) atoms. The third-order valence-corrected chi connectivity index (χ3v) is 2.66. The number of aromatic nitrogens is 4. The Balaban J connectivity index is 2.32. The van der Waals surface area contributed by atoms with Gasteiger partial charge in [-0.2, -0.15) is 0 Å². The van der Waals surface area contributed by atoms with Gasteiger partial charge in [-0.3, -0.25) is 9.13 Å². The Morgan fingerprint density at radius 2 is 2.06 bits per heavy atom. The zero-order valence-electron chi connectivity index (χ0n) is 10.8. The van der Waals surface area contributed by atoms with Crippen LogP contribution in [0.1, 0.15) is 31.4 Å². The topological polar surface area (TPSA) is 78.7 Å². The number of rotatable bonds is 3. The molecule has 0 aliphatic heterocycles. The van der Waals surface area contributed by atoms with E-state index >= 15 is 0 Å². The molecule has 0 bridgehead atoms. The molecule has 2 rings (SSSR count). The van der Waals surface area contributed by atoms with Crippen LogP contribution in [0.15, 0.2) is 23.3 Å². The lowest BCUT2D eigenvalue weighted by Gasteiger charge is -2.05. The van der Waals surface area contributed by atoms with Crippen LogP contribution >= 0.6 is 0 Å². The number of anilines is 1. The maximum Gasteiger partial charge on any atom is 0.328 e. The number of hydrogen-bond donors (Lipinski definition) is 1. The van der Waals surface area contributed by atoms with Crippen molar-refractivity contribution in [3.05, 3.63) is 40.5 Å². The van der Waals surface area contributed by atoms with Crippen molar-refractivity contribution in [3.8, 4) is 0 Å². The normalized spacial score (nSPS) is 11.1. The second-order valence-electron chi connectivity index (χ2n) is 4.56. The first-order valence-corrected chi connectivity index (χ1v) is 5.84. The van der Waals surface area contributed by atoms with Crippen molar-refractivity contribution in [3.63, 3.8) is 0 Å². The summed E-state index contributed by atoms with van der Waals surface area (Å²) in [6.07, 6.45) is 3.51. The molecule has 0 aliphatic carbocycles. The lowest BCUT2D eigenvalue weighted by atomic mass is 10.4. The van der Waals surface area contributed by atoms with Crippen LogP contribution in [0.3, 0.4) is 0 Å². The van der Waals surface area contributed by atoms with E-state index in [2.05, 4.69) is 9.97 Å².